The van der Waals surface area contributed by atoms with Crippen molar-refractivity contribution in [3.8, 4) is 0 Å². The minimum atomic E-state index is 0.612. The van der Waals surface area contributed by atoms with Crippen LogP contribution in [-0.2, 0) is 6.54 Å². The summed E-state index contributed by atoms with van der Waals surface area (Å²) >= 11 is 0. The lowest BCUT2D eigenvalue weighted by atomic mass is 10.1. The van der Waals surface area contributed by atoms with Crippen molar-refractivity contribution in [2.24, 2.45) is 0 Å². The van der Waals surface area contributed by atoms with Crippen molar-refractivity contribution >= 4 is 5.82 Å². The number of aryl methyl sites for hydroxylation is 2. The summed E-state index contributed by atoms with van der Waals surface area (Å²) in [5.41, 5.74) is 5.10. The van der Waals surface area contributed by atoms with Crippen LogP contribution in [0.4, 0.5) is 5.82 Å². The lowest BCUT2D eigenvalue weighted by molar-refractivity contribution is 0.692. The molecule has 0 spiro atoms. The largest absolute Gasteiger partial charge is 0.365 e. The number of aromatic nitrogens is 2. The van der Waals surface area contributed by atoms with E-state index in [1.54, 1.807) is 0 Å². The number of nitrogens with zero attached hydrogens (tertiary/aromatic N) is 2. The highest BCUT2D eigenvalue weighted by molar-refractivity contribution is 5.36. The maximum absolute atomic E-state index is 4.74. The Morgan fingerprint density at radius 1 is 1.10 bits per heavy atom. The van der Waals surface area contributed by atoms with E-state index >= 15 is 0 Å². The Kier molecular flexibility index (Phi) is 4.18. The Morgan fingerprint density at radius 2 is 1.90 bits per heavy atom. The number of nitrogens with one attached hydrogen (secondary N) is 1. The zero-order chi connectivity index (χ0) is 14.7. The van der Waals surface area contributed by atoms with E-state index in [0.717, 1.165) is 18.1 Å². The predicted molar refractivity (Wildman–Crippen MR) is 86.5 cm³/mol. The summed E-state index contributed by atoms with van der Waals surface area (Å²) < 4.78 is 0. The van der Waals surface area contributed by atoms with Gasteiger partial charge in [0.25, 0.3) is 0 Å². The van der Waals surface area contributed by atoms with Gasteiger partial charge in [-0.05, 0) is 43.4 Å². The highest BCUT2D eigenvalue weighted by Gasteiger charge is 2.18. The molecule has 3 nitrogen and oxygen atoms in total. The molecule has 0 bridgehead atoms. The first kappa shape index (κ1) is 14.1. The lowest BCUT2D eigenvalue weighted by Crippen LogP contribution is -2.05. The number of anilines is 1. The maximum Gasteiger partial charge on any atom is 0.145 e. The standard InChI is InChI=1S/C18H23N3/c1-13-7-8-15(9-14(13)2)10-20-18-12-19-11-17(21-18)16-5-3-4-6-16/h7-9,11-12,16H,3-6,10H2,1-2H3,(H,20,21). The Bertz CT molecular complexity index is 616. The van der Waals surface area contributed by atoms with Gasteiger partial charge in [-0.15, -0.1) is 0 Å². The quantitative estimate of drug-likeness (QED) is 0.904. The molecular weight excluding hydrogens is 258 g/mol. The van der Waals surface area contributed by atoms with Crippen LogP contribution in [0.2, 0.25) is 0 Å². The van der Waals surface area contributed by atoms with Crippen LogP contribution >= 0.6 is 0 Å². The van der Waals surface area contributed by atoms with Gasteiger partial charge in [0.15, 0.2) is 0 Å². The molecule has 3 heteroatoms. The maximum atomic E-state index is 4.74. The van der Waals surface area contributed by atoms with Crippen molar-refractivity contribution in [2.45, 2.75) is 52.0 Å². The van der Waals surface area contributed by atoms with Crippen molar-refractivity contribution < 1.29 is 0 Å². The van der Waals surface area contributed by atoms with Gasteiger partial charge >= 0.3 is 0 Å². The number of rotatable bonds is 4. The Balaban J connectivity index is 1.67. The second-order valence-electron chi connectivity index (χ2n) is 6.08. The SMILES string of the molecule is Cc1ccc(CNc2cncc(C3CCCC3)n2)cc1C. The summed E-state index contributed by atoms with van der Waals surface area (Å²) in [6, 6.07) is 6.58. The van der Waals surface area contributed by atoms with Crippen molar-refractivity contribution in [3.63, 3.8) is 0 Å². The van der Waals surface area contributed by atoms with Gasteiger partial charge in [-0.3, -0.25) is 4.98 Å². The Morgan fingerprint density at radius 3 is 2.67 bits per heavy atom. The van der Waals surface area contributed by atoms with Gasteiger partial charge in [-0.1, -0.05) is 31.0 Å². The highest BCUT2D eigenvalue weighted by Crippen LogP contribution is 2.32. The van der Waals surface area contributed by atoms with E-state index in [4.69, 9.17) is 4.98 Å². The topological polar surface area (TPSA) is 37.8 Å². The molecule has 1 aliphatic carbocycles. The molecule has 1 fully saturated rings. The average molecular weight is 281 g/mol. The molecule has 0 amide bonds. The number of benzene rings is 1. The van der Waals surface area contributed by atoms with Gasteiger partial charge in [-0.2, -0.15) is 0 Å². The van der Waals surface area contributed by atoms with Crippen LogP contribution in [0.3, 0.4) is 0 Å². The normalized spacial score (nSPS) is 15.3. The van der Waals surface area contributed by atoms with Crippen molar-refractivity contribution in [1.29, 1.82) is 0 Å². The van der Waals surface area contributed by atoms with Gasteiger partial charge in [0.1, 0.15) is 5.82 Å². The predicted octanol–water partition coefficient (Wildman–Crippen LogP) is 4.36. The Labute approximate surface area is 126 Å². The lowest BCUT2D eigenvalue weighted by Gasteiger charge is -2.11. The number of hydrogen-bond acceptors (Lipinski definition) is 3. The fourth-order valence-electron chi connectivity index (χ4n) is 2.99. The molecule has 3 rings (SSSR count). The minimum absolute atomic E-state index is 0.612. The highest BCUT2D eigenvalue weighted by atomic mass is 15.0. The molecule has 0 aliphatic heterocycles. The molecule has 1 aromatic heterocycles. The molecule has 0 saturated heterocycles. The van der Waals surface area contributed by atoms with E-state index in [1.165, 1.54) is 42.4 Å². The molecule has 1 N–H and O–H groups in total. The third-order valence-electron chi connectivity index (χ3n) is 4.47. The summed E-state index contributed by atoms with van der Waals surface area (Å²) in [6.07, 6.45) is 8.92. The molecular formula is C18H23N3. The first-order valence-corrected chi connectivity index (χ1v) is 7.84. The third kappa shape index (κ3) is 3.41. The molecule has 1 heterocycles. The van der Waals surface area contributed by atoms with Gasteiger partial charge in [0, 0.05) is 18.7 Å². The minimum Gasteiger partial charge on any atom is -0.365 e. The van der Waals surface area contributed by atoms with Crippen LogP contribution in [0.15, 0.2) is 30.6 Å². The van der Waals surface area contributed by atoms with Crippen LogP contribution in [0.25, 0.3) is 0 Å². The van der Waals surface area contributed by atoms with E-state index in [2.05, 4.69) is 42.3 Å². The molecule has 0 radical (unpaired) electrons. The van der Waals surface area contributed by atoms with Crippen molar-refractivity contribution in [1.82, 2.24) is 9.97 Å². The van der Waals surface area contributed by atoms with Crippen LogP contribution in [-0.4, -0.2) is 9.97 Å². The zero-order valence-corrected chi connectivity index (χ0v) is 12.9. The first-order chi connectivity index (χ1) is 10.2. The van der Waals surface area contributed by atoms with Crippen LogP contribution in [0.1, 0.15) is 54.0 Å². The summed E-state index contributed by atoms with van der Waals surface area (Å²) in [5.74, 6) is 1.50. The van der Waals surface area contributed by atoms with E-state index in [0.29, 0.717) is 5.92 Å². The van der Waals surface area contributed by atoms with Gasteiger partial charge in [-0.25, -0.2) is 4.98 Å². The van der Waals surface area contributed by atoms with Crippen LogP contribution in [0.5, 0.6) is 0 Å². The molecule has 0 atom stereocenters. The van der Waals surface area contributed by atoms with Gasteiger partial charge in [0.05, 0.1) is 11.9 Å². The number of hydrogen-bond donors (Lipinski definition) is 1. The van der Waals surface area contributed by atoms with E-state index in [-0.39, 0.29) is 0 Å². The molecule has 21 heavy (non-hydrogen) atoms. The van der Waals surface area contributed by atoms with E-state index in [1.807, 2.05) is 12.4 Å². The summed E-state index contributed by atoms with van der Waals surface area (Å²) in [4.78, 5) is 9.08. The van der Waals surface area contributed by atoms with Crippen LogP contribution < -0.4 is 5.32 Å². The first-order valence-electron chi connectivity index (χ1n) is 7.84. The van der Waals surface area contributed by atoms with Crippen molar-refractivity contribution in [2.75, 3.05) is 5.32 Å². The average Bonchev–Trinajstić information content (AvgIpc) is 3.03. The third-order valence-corrected chi connectivity index (χ3v) is 4.47. The molecule has 1 aliphatic rings. The smallest absolute Gasteiger partial charge is 0.145 e. The zero-order valence-electron chi connectivity index (χ0n) is 12.9. The van der Waals surface area contributed by atoms with E-state index in [9.17, 15) is 0 Å². The fourth-order valence-corrected chi connectivity index (χ4v) is 2.99. The summed E-state index contributed by atoms with van der Waals surface area (Å²) in [5, 5.41) is 3.40. The van der Waals surface area contributed by atoms with E-state index < -0.39 is 0 Å². The molecule has 1 saturated carbocycles. The van der Waals surface area contributed by atoms with Gasteiger partial charge < -0.3 is 5.32 Å². The Hall–Kier alpha value is -1.90. The molecule has 1 aromatic carbocycles. The molecule has 2 aromatic rings. The molecule has 0 unspecified atom stereocenters. The van der Waals surface area contributed by atoms with Crippen LogP contribution in [0, 0.1) is 13.8 Å². The summed E-state index contributed by atoms with van der Waals surface area (Å²) in [7, 11) is 0. The molecule has 110 valence electrons. The fraction of sp³-hybridized carbons (Fsp3) is 0.444. The summed E-state index contributed by atoms with van der Waals surface area (Å²) in [6.45, 7) is 5.09. The van der Waals surface area contributed by atoms with Crippen molar-refractivity contribution in [3.05, 3.63) is 53.0 Å². The monoisotopic (exact) mass is 281 g/mol. The van der Waals surface area contributed by atoms with Gasteiger partial charge in [0.2, 0.25) is 0 Å². The second kappa shape index (κ2) is 6.25. The second-order valence-corrected chi connectivity index (χ2v) is 6.08.